The summed E-state index contributed by atoms with van der Waals surface area (Å²) in [5, 5.41) is 7.15. The minimum absolute atomic E-state index is 0.000592. The highest BCUT2D eigenvalue weighted by Crippen LogP contribution is 2.33. The smallest absolute Gasteiger partial charge is 0.272 e. The van der Waals surface area contributed by atoms with Crippen molar-refractivity contribution in [3.8, 4) is 0 Å². The van der Waals surface area contributed by atoms with E-state index in [0.717, 1.165) is 26.7 Å². The van der Waals surface area contributed by atoms with E-state index in [4.69, 9.17) is 0 Å². The summed E-state index contributed by atoms with van der Waals surface area (Å²) in [5.41, 5.74) is 2.64. The van der Waals surface area contributed by atoms with Crippen molar-refractivity contribution in [2.45, 2.75) is 23.5 Å². The molecule has 0 bridgehead atoms. The van der Waals surface area contributed by atoms with Gasteiger partial charge in [0.05, 0.1) is 16.3 Å². The second-order valence-corrected chi connectivity index (χ2v) is 11.9. The second kappa shape index (κ2) is 13.7. The van der Waals surface area contributed by atoms with E-state index in [9.17, 15) is 18.8 Å². The van der Waals surface area contributed by atoms with Crippen LogP contribution in [0.5, 0.6) is 0 Å². The lowest BCUT2D eigenvalue weighted by Crippen LogP contribution is -2.30. The normalized spacial score (nSPS) is 12.2. The Morgan fingerprint density at radius 3 is 1.98 bits per heavy atom. The third kappa shape index (κ3) is 6.48. The number of thioether (sulfide) groups is 1. The number of benzene rings is 5. The van der Waals surface area contributed by atoms with Crippen LogP contribution in [0.25, 0.3) is 27.9 Å². The SMILES string of the molecule is CCC(Sc1ccc(NC(=O)/C(=C/c2ccccc2F)NC(=O)c2ccccc2)cc1)C(=O)n1c2ccccc2c2ccccc21. The number of halogens is 1. The number of nitrogens with zero attached hydrogens (tertiary/aromatic N) is 1. The predicted molar refractivity (Wildman–Crippen MR) is 183 cm³/mol. The van der Waals surface area contributed by atoms with E-state index in [1.807, 2.05) is 72.2 Å². The molecule has 1 unspecified atom stereocenters. The topological polar surface area (TPSA) is 80.2 Å². The molecule has 0 aliphatic rings. The first-order valence-electron chi connectivity index (χ1n) is 14.9. The number of hydrogen-bond acceptors (Lipinski definition) is 4. The van der Waals surface area contributed by atoms with Crippen LogP contribution in [0.4, 0.5) is 10.1 Å². The largest absolute Gasteiger partial charge is 0.321 e. The maximum atomic E-state index is 14.5. The van der Waals surface area contributed by atoms with E-state index in [1.54, 1.807) is 54.6 Å². The van der Waals surface area contributed by atoms with Crippen LogP contribution in [0.15, 0.2) is 138 Å². The first-order valence-corrected chi connectivity index (χ1v) is 15.7. The monoisotopic (exact) mass is 627 g/mol. The highest BCUT2D eigenvalue weighted by Gasteiger charge is 2.24. The van der Waals surface area contributed by atoms with Crippen molar-refractivity contribution >= 4 is 63.1 Å². The van der Waals surface area contributed by atoms with Gasteiger partial charge in [0.25, 0.3) is 11.8 Å². The summed E-state index contributed by atoms with van der Waals surface area (Å²) >= 11 is 1.46. The zero-order chi connectivity index (χ0) is 32.0. The van der Waals surface area contributed by atoms with E-state index in [0.29, 0.717) is 17.7 Å². The van der Waals surface area contributed by atoms with Crippen molar-refractivity contribution in [2.75, 3.05) is 5.32 Å². The molecule has 0 radical (unpaired) electrons. The number of rotatable bonds is 9. The fraction of sp³-hybridized carbons (Fsp3) is 0.0789. The maximum Gasteiger partial charge on any atom is 0.272 e. The van der Waals surface area contributed by atoms with E-state index in [1.165, 1.54) is 30.0 Å². The molecule has 6 rings (SSSR count). The maximum absolute atomic E-state index is 14.5. The summed E-state index contributed by atoms with van der Waals surface area (Å²) in [5.74, 6) is -1.63. The molecule has 0 aliphatic carbocycles. The van der Waals surface area contributed by atoms with Gasteiger partial charge in [0.1, 0.15) is 11.5 Å². The van der Waals surface area contributed by atoms with Gasteiger partial charge in [-0.3, -0.25) is 19.0 Å². The molecule has 5 aromatic carbocycles. The molecule has 0 saturated heterocycles. The Labute approximate surface area is 269 Å². The van der Waals surface area contributed by atoms with Crippen LogP contribution in [0.1, 0.15) is 34.1 Å². The molecule has 8 heteroatoms. The van der Waals surface area contributed by atoms with Crippen LogP contribution in [-0.4, -0.2) is 27.5 Å². The molecule has 6 aromatic rings. The van der Waals surface area contributed by atoms with Gasteiger partial charge >= 0.3 is 0 Å². The molecular weight excluding hydrogens is 598 g/mol. The Morgan fingerprint density at radius 2 is 1.35 bits per heavy atom. The molecule has 1 atom stereocenters. The molecular formula is C38H30FN3O3S. The van der Waals surface area contributed by atoms with E-state index in [2.05, 4.69) is 10.6 Å². The van der Waals surface area contributed by atoms with Crippen molar-refractivity contribution < 1.29 is 18.8 Å². The van der Waals surface area contributed by atoms with E-state index >= 15 is 0 Å². The molecule has 2 N–H and O–H groups in total. The molecule has 46 heavy (non-hydrogen) atoms. The van der Waals surface area contributed by atoms with Gasteiger partial charge in [0, 0.05) is 32.5 Å². The minimum atomic E-state index is -0.610. The molecule has 0 fully saturated rings. The highest BCUT2D eigenvalue weighted by molar-refractivity contribution is 8.00. The Kier molecular flexibility index (Phi) is 9.08. The third-order valence-corrected chi connectivity index (χ3v) is 8.93. The van der Waals surface area contributed by atoms with Crippen molar-refractivity contribution in [1.82, 2.24) is 9.88 Å². The average Bonchev–Trinajstić information content (AvgIpc) is 3.43. The fourth-order valence-electron chi connectivity index (χ4n) is 5.28. The van der Waals surface area contributed by atoms with Crippen LogP contribution in [0, 0.1) is 5.82 Å². The number of fused-ring (bicyclic) bond motifs is 3. The van der Waals surface area contributed by atoms with Crippen molar-refractivity contribution in [1.29, 1.82) is 0 Å². The van der Waals surface area contributed by atoms with Gasteiger partial charge in [-0.1, -0.05) is 79.7 Å². The average molecular weight is 628 g/mol. The van der Waals surface area contributed by atoms with Crippen molar-refractivity contribution in [3.05, 3.63) is 150 Å². The Morgan fingerprint density at radius 1 is 0.761 bits per heavy atom. The molecule has 2 amide bonds. The quantitative estimate of drug-likeness (QED) is 0.124. The lowest BCUT2D eigenvalue weighted by atomic mass is 10.1. The zero-order valence-corrected chi connectivity index (χ0v) is 25.8. The van der Waals surface area contributed by atoms with Crippen LogP contribution in [0.2, 0.25) is 0 Å². The summed E-state index contributed by atoms with van der Waals surface area (Å²) in [6.45, 7) is 1.99. The summed E-state index contributed by atoms with van der Waals surface area (Å²) in [6, 6.07) is 37.5. The summed E-state index contributed by atoms with van der Waals surface area (Å²) in [4.78, 5) is 41.1. The number of amides is 2. The Hall–Kier alpha value is -5.47. The van der Waals surface area contributed by atoms with Gasteiger partial charge in [-0.25, -0.2) is 4.39 Å². The highest BCUT2D eigenvalue weighted by atomic mass is 32.2. The fourth-order valence-corrected chi connectivity index (χ4v) is 6.28. The van der Waals surface area contributed by atoms with Gasteiger partial charge in [-0.2, -0.15) is 0 Å². The number of aromatic nitrogens is 1. The molecule has 0 saturated carbocycles. The molecule has 1 aromatic heterocycles. The van der Waals surface area contributed by atoms with E-state index < -0.39 is 17.6 Å². The Bertz CT molecular complexity index is 2030. The standard InChI is InChI=1S/C38H30FN3O3S/c1-2-35(38(45)42-33-18-10-7-15-29(33)30-16-8-11-19-34(30)42)46-28-22-20-27(21-23-28)40-37(44)32(24-26-14-6-9-17-31(26)39)41-36(43)25-12-4-3-5-13-25/h3-24,35H,2H2,1H3,(H,40,44)(H,41,43)/b32-24-. The minimum Gasteiger partial charge on any atom is -0.321 e. The number of para-hydroxylation sites is 2. The number of carbonyl (C=O) groups is 3. The molecule has 1 heterocycles. The van der Waals surface area contributed by atoms with Gasteiger partial charge < -0.3 is 10.6 Å². The van der Waals surface area contributed by atoms with Gasteiger partial charge in [-0.05, 0) is 67.1 Å². The lowest BCUT2D eigenvalue weighted by molar-refractivity contribution is -0.113. The molecule has 0 aliphatic heterocycles. The van der Waals surface area contributed by atoms with Crippen LogP contribution >= 0.6 is 11.8 Å². The van der Waals surface area contributed by atoms with E-state index in [-0.39, 0.29) is 22.4 Å². The van der Waals surface area contributed by atoms with Crippen LogP contribution in [-0.2, 0) is 4.79 Å². The van der Waals surface area contributed by atoms with Crippen LogP contribution < -0.4 is 10.6 Å². The van der Waals surface area contributed by atoms with Gasteiger partial charge in [0.15, 0.2) is 0 Å². The lowest BCUT2D eigenvalue weighted by Gasteiger charge is -2.16. The predicted octanol–water partition coefficient (Wildman–Crippen LogP) is 8.55. The number of nitrogens with one attached hydrogen (secondary N) is 2. The molecule has 228 valence electrons. The molecule has 0 spiro atoms. The first kappa shape index (κ1) is 30.6. The zero-order valence-electron chi connectivity index (χ0n) is 24.9. The number of hydrogen-bond donors (Lipinski definition) is 2. The number of anilines is 1. The van der Waals surface area contributed by atoms with Gasteiger partial charge in [-0.15, -0.1) is 11.8 Å². The summed E-state index contributed by atoms with van der Waals surface area (Å²) in [7, 11) is 0. The van der Waals surface area contributed by atoms with Crippen molar-refractivity contribution in [3.63, 3.8) is 0 Å². The first-order chi connectivity index (χ1) is 22.4. The third-order valence-electron chi connectivity index (χ3n) is 7.57. The molecule has 6 nitrogen and oxygen atoms in total. The van der Waals surface area contributed by atoms with Gasteiger partial charge in [0.2, 0.25) is 5.91 Å². The van der Waals surface area contributed by atoms with Crippen molar-refractivity contribution in [2.24, 2.45) is 0 Å². The number of carbonyl (C=O) groups excluding carboxylic acids is 3. The Balaban J connectivity index is 1.20. The summed E-state index contributed by atoms with van der Waals surface area (Å²) in [6.07, 6.45) is 1.93. The summed E-state index contributed by atoms with van der Waals surface area (Å²) < 4.78 is 16.3. The second-order valence-electron chi connectivity index (χ2n) is 10.6. The van der Waals surface area contributed by atoms with Crippen LogP contribution in [0.3, 0.4) is 0 Å².